The summed E-state index contributed by atoms with van der Waals surface area (Å²) in [6.45, 7) is 11.7. The van der Waals surface area contributed by atoms with Crippen molar-refractivity contribution in [3.8, 4) is 0 Å². The van der Waals surface area contributed by atoms with Gasteiger partial charge in [-0.2, -0.15) is 0 Å². The number of hydrogen-bond donors (Lipinski definition) is 1. The largest absolute Gasteiger partial charge is 0.390 e. The first-order valence-corrected chi connectivity index (χ1v) is 5.33. The van der Waals surface area contributed by atoms with Crippen LogP contribution in [0.3, 0.4) is 0 Å². The summed E-state index contributed by atoms with van der Waals surface area (Å²) in [4.78, 5) is 0. The van der Waals surface area contributed by atoms with Crippen molar-refractivity contribution in [2.45, 2.75) is 59.0 Å². The van der Waals surface area contributed by atoms with E-state index in [9.17, 15) is 5.11 Å². The van der Waals surface area contributed by atoms with Crippen molar-refractivity contribution < 1.29 is 5.11 Å². The molecule has 0 fully saturated rings. The van der Waals surface area contributed by atoms with Crippen LogP contribution in [0.4, 0.5) is 0 Å². The normalized spacial score (nSPS) is 13.1. The third-order valence-corrected chi connectivity index (χ3v) is 2.12. The van der Waals surface area contributed by atoms with E-state index in [1.54, 1.807) is 0 Å². The molecule has 1 N–H and O–H groups in total. The molecule has 0 saturated heterocycles. The molecule has 82 valence electrons. The highest BCUT2D eigenvalue weighted by molar-refractivity contribution is 5.01. The van der Waals surface area contributed by atoms with E-state index < -0.39 is 5.60 Å². The average molecular weight is 196 g/mol. The van der Waals surface area contributed by atoms with Crippen LogP contribution in [0.15, 0.2) is 23.8 Å². The highest BCUT2D eigenvalue weighted by Crippen LogP contribution is 2.14. The van der Waals surface area contributed by atoms with Gasteiger partial charge in [-0.3, -0.25) is 0 Å². The Balaban J connectivity index is 3.73. The van der Waals surface area contributed by atoms with Crippen molar-refractivity contribution in [2.24, 2.45) is 0 Å². The highest BCUT2D eigenvalue weighted by atomic mass is 16.3. The van der Waals surface area contributed by atoms with Crippen molar-refractivity contribution in [2.75, 3.05) is 0 Å². The summed E-state index contributed by atoms with van der Waals surface area (Å²) in [7, 11) is 0. The second kappa shape index (κ2) is 6.02. The van der Waals surface area contributed by atoms with E-state index in [2.05, 4.69) is 26.5 Å². The highest BCUT2D eigenvalue weighted by Gasteiger charge is 2.09. The van der Waals surface area contributed by atoms with Crippen LogP contribution in [0.5, 0.6) is 0 Å². The van der Waals surface area contributed by atoms with E-state index >= 15 is 0 Å². The van der Waals surface area contributed by atoms with Crippen LogP contribution in [-0.2, 0) is 0 Å². The minimum absolute atomic E-state index is 0.574. The summed E-state index contributed by atoms with van der Waals surface area (Å²) in [5.74, 6) is 0. The minimum atomic E-state index is -0.574. The monoisotopic (exact) mass is 196 g/mol. The quantitative estimate of drug-likeness (QED) is 0.640. The van der Waals surface area contributed by atoms with Crippen LogP contribution in [0.1, 0.15) is 53.4 Å². The van der Waals surface area contributed by atoms with Crippen LogP contribution >= 0.6 is 0 Å². The molecule has 0 saturated carbocycles. The SMILES string of the molecule is C=C(C)CCCC(C)=CCC(C)(C)O. The Morgan fingerprint density at radius 1 is 1.29 bits per heavy atom. The second-order valence-electron chi connectivity index (χ2n) is 4.88. The van der Waals surface area contributed by atoms with Crippen LogP contribution in [-0.4, -0.2) is 10.7 Å². The van der Waals surface area contributed by atoms with Crippen LogP contribution in [0.2, 0.25) is 0 Å². The third kappa shape index (κ3) is 9.53. The molecule has 0 aliphatic heterocycles. The lowest BCUT2D eigenvalue weighted by Crippen LogP contribution is -2.16. The zero-order chi connectivity index (χ0) is 11.2. The first-order chi connectivity index (χ1) is 6.31. The molecular weight excluding hydrogens is 172 g/mol. The van der Waals surface area contributed by atoms with Crippen LogP contribution in [0, 0.1) is 0 Å². The van der Waals surface area contributed by atoms with E-state index in [4.69, 9.17) is 0 Å². The van der Waals surface area contributed by atoms with Gasteiger partial charge in [0.15, 0.2) is 0 Å². The molecule has 1 nitrogen and oxygen atoms in total. The summed E-state index contributed by atoms with van der Waals surface area (Å²) in [5, 5.41) is 9.52. The maximum atomic E-state index is 9.52. The van der Waals surface area contributed by atoms with Crippen molar-refractivity contribution in [1.29, 1.82) is 0 Å². The molecule has 0 aromatic heterocycles. The first-order valence-electron chi connectivity index (χ1n) is 5.33. The molecule has 0 unspecified atom stereocenters. The Morgan fingerprint density at radius 3 is 2.29 bits per heavy atom. The summed E-state index contributed by atoms with van der Waals surface area (Å²) in [6.07, 6.45) is 6.27. The fourth-order valence-electron chi connectivity index (χ4n) is 1.20. The smallest absolute Gasteiger partial charge is 0.0626 e. The van der Waals surface area contributed by atoms with Gasteiger partial charge in [-0.25, -0.2) is 0 Å². The third-order valence-electron chi connectivity index (χ3n) is 2.12. The molecule has 14 heavy (non-hydrogen) atoms. The maximum absolute atomic E-state index is 9.52. The zero-order valence-corrected chi connectivity index (χ0v) is 10.1. The summed E-state index contributed by atoms with van der Waals surface area (Å²) < 4.78 is 0. The number of allylic oxidation sites excluding steroid dienone is 2. The van der Waals surface area contributed by atoms with Crippen molar-refractivity contribution in [1.82, 2.24) is 0 Å². The Bertz CT molecular complexity index is 206. The van der Waals surface area contributed by atoms with Gasteiger partial charge in [0.25, 0.3) is 0 Å². The number of hydrogen-bond acceptors (Lipinski definition) is 1. The molecule has 0 aromatic carbocycles. The topological polar surface area (TPSA) is 20.2 Å². The summed E-state index contributed by atoms with van der Waals surface area (Å²) in [5.41, 5.74) is 2.05. The van der Waals surface area contributed by atoms with Gasteiger partial charge in [0, 0.05) is 0 Å². The first kappa shape index (κ1) is 13.4. The Hall–Kier alpha value is -0.560. The second-order valence-corrected chi connectivity index (χ2v) is 4.88. The molecule has 0 radical (unpaired) electrons. The molecule has 0 heterocycles. The molecule has 1 heteroatoms. The molecular formula is C13H24O. The molecule has 0 rings (SSSR count). The summed E-state index contributed by atoms with van der Waals surface area (Å²) in [6, 6.07) is 0. The van der Waals surface area contributed by atoms with E-state index in [0.717, 1.165) is 19.3 Å². The number of aliphatic hydroxyl groups is 1. The summed E-state index contributed by atoms with van der Waals surface area (Å²) >= 11 is 0. The van der Waals surface area contributed by atoms with Gasteiger partial charge in [0.1, 0.15) is 0 Å². The van der Waals surface area contributed by atoms with E-state index in [1.165, 1.54) is 17.6 Å². The molecule has 0 aliphatic carbocycles. The molecule has 0 aromatic rings. The lowest BCUT2D eigenvalue weighted by Gasteiger charge is -2.14. The van der Waals surface area contributed by atoms with Gasteiger partial charge in [0.2, 0.25) is 0 Å². The molecule has 0 amide bonds. The van der Waals surface area contributed by atoms with Crippen molar-refractivity contribution >= 4 is 0 Å². The molecule has 0 atom stereocenters. The standard InChI is InChI=1S/C13H24O/c1-11(2)7-6-8-12(3)9-10-13(4,5)14/h9,14H,1,6-8,10H2,2-5H3. The fraction of sp³-hybridized carbons (Fsp3) is 0.692. The van der Waals surface area contributed by atoms with Gasteiger partial charge >= 0.3 is 0 Å². The lowest BCUT2D eigenvalue weighted by atomic mass is 10.0. The van der Waals surface area contributed by atoms with E-state index in [0.29, 0.717) is 0 Å². The van der Waals surface area contributed by atoms with Gasteiger partial charge in [0.05, 0.1) is 5.60 Å². The van der Waals surface area contributed by atoms with Gasteiger partial charge in [-0.1, -0.05) is 17.2 Å². The zero-order valence-electron chi connectivity index (χ0n) is 10.1. The predicted octanol–water partition coefficient (Wildman–Crippen LogP) is 3.84. The van der Waals surface area contributed by atoms with Crippen LogP contribution < -0.4 is 0 Å². The van der Waals surface area contributed by atoms with Crippen molar-refractivity contribution in [3.05, 3.63) is 23.8 Å². The van der Waals surface area contributed by atoms with Crippen LogP contribution in [0.25, 0.3) is 0 Å². The number of rotatable bonds is 6. The molecule has 0 aliphatic rings. The lowest BCUT2D eigenvalue weighted by molar-refractivity contribution is 0.0836. The Morgan fingerprint density at radius 2 is 1.86 bits per heavy atom. The Kier molecular flexibility index (Phi) is 5.78. The maximum Gasteiger partial charge on any atom is 0.0626 e. The van der Waals surface area contributed by atoms with Gasteiger partial charge in [-0.05, 0) is 53.4 Å². The molecule has 0 spiro atoms. The average Bonchev–Trinajstić information content (AvgIpc) is 1.99. The van der Waals surface area contributed by atoms with Gasteiger partial charge < -0.3 is 5.11 Å². The minimum Gasteiger partial charge on any atom is -0.390 e. The van der Waals surface area contributed by atoms with E-state index in [-0.39, 0.29) is 0 Å². The fourth-order valence-corrected chi connectivity index (χ4v) is 1.20. The van der Waals surface area contributed by atoms with E-state index in [1.807, 2.05) is 13.8 Å². The Labute approximate surface area is 88.5 Å². The molecule has 0 bridgehead atoms. The van der Waals surface area contributed by atoms with Crippen molar-refractivity contribution in [3.63, 3.8) is 0 Å². The van der Waals surface area contributed by atoms with Gasteiger partial charge in [-0.15, -0.1) is 6.58 Å². The predicted molar refractivity (Wildman–Crippen MR) is 63.3 cm³/mol.